The van der Waals surface area contributed by atoms with Crippen molar-refractivity contribution >= 4 is 33.1 Å². The highest BCUT2D eigenvalue weighted by molar-refractivity contribution is 7.16. The first-order valence-corrected chi connectivity index (χ1v) is 7.92. The lowest BCUT2D eigenvalue weighted by molar-refractivity contribution is -0.384. The second-order valence-electron chi connectivity index (χ2n) is 6.11. The van der Waals surface area contributed by atoms with Crippen molar-refractivity contribution in [2.45, 2.75) is 40.7 Å². The molecule has 0 saturated carbocycles. The third-order valence-electron chi connectivity index (χ3n) is 3.16. The molecule has 0 unspecified atom stereocenters. The lowest BCUT2D eigenvalue weighted by Crippen LogP contribution is -2.23. The predicted octanol–water partition coefficient (Wildman–Crippen LogP) is 3.49. The van der Waals surface area contributed by atoms with E-state index in [2.05, 4.69) is 4.99 Å². The highest BCUT2D eigenvalue weighted by Crippen LogP contribution is 2.24. The normalized spacial score (nSPS) is 12.8. The van der Waals surface area contributed by atoms with Crippen LogP contribution in [-0.2, 0) is 11.3 Å². The highest BCUT2D eigenvalue weighted by Gasteiger charge is 2.21. The van der Waals surface area contributed by atoms with E-state index in [-0.39, 0.29) is 11.6 Å². The molecule has 0 radical (unpaired) electrons. The Labute approximate surface area is 132 Å². The monoisotopic (exact) mass is 321 g/mol. The molecule has 118 valence electrons. The summed E-state index contributed by atoms with van der Waals surface area (Å²) in [6.07, 6.45) is 0.889. The average Bonchev–Trinajstić information content (AvgIpc) is 2.75. The topological polar surface area (TPSA) is 77.5 Å². The zero-order chi connectivity index (χ0) is 16.5. The lowest BCUT2D eigenvalue weighted by atomic mass is 9.96. The first-order valence-electron chi connectivity index (χ1n) is 7.11. The number of nitro groups is 1. The van der Waals surface area contributed by atoms with E-state index in [0.29, 0.717) is 11.3 Å². The van der Waals surface area contributed by atoms with Crippen LogP contribution in [0.5, 0.6) is 0 Å². The summed E-state index contributed by atoms with van der Waals surface area (Å²) in [5.41, 5.74) is 0.371. The fraction of sp³-hybridized carbons (Fsp3) is 0.467. The van der Waals surface area contributed by atoms with Crippen LogP contribution in [0.25, 0.3) is 10.2 Å². The summed E-state index contributed by atoms with van der Waals surface area (Å²) >= 11 is 1.31. The van der Waals surface area contributed by atoms with Gasteiger partial charge in [0.1, 0.15) is 0 Å². The van der Waals surface area contributed by atoms with E-state index in [4.69, 9.17) is 0 Å². The molecule has 0 aliphatic rings. The molecule has 0 N–H and O–H groups in total. The van der Waals surface area contributed by atoms with Gasteiger partial charge >= 0.3 is 0 Å². The first kappa shape index (κ1) is 16.4. The van der Waals surface area contributed by atoms with Crippen LogP contribution >= 0.6 is 11.3 Å². The van der Waals surface area contributed by atoms with Gasteiger partial charge in [0.15, 0.2) is 4.80 Å². The molecule has 0 spiro atoms. The Morgan fingerprint density at radius 1 is 1.41 bits per heavy atom. The Kier molecular flexibility index (Phi) is 4.46. The number of thiazole rings is 1. The molecule has 1 heterocycles. The van der Waals surface area contributed by atoms with Gasteiger partial charge in [-0.15, -0.1) is 0 Å². The van der Waals surface area contributed by atoms with Gasteiger partial charge in [-0.3, -0.25) is 14.9 Å². The maximum absolute atomic E-state index is 12.2. The number of hydrogen-bond acceptors (Lipinski definition) is 4. The van der Waals surface area contributed by atoms with Crippen LogP contribution in [0.3, 0.4) is 0 Å². The Morgan fingerprint density at radius 3 is 2.64 bits per heavy atom. The van der Waals surface area contributed by atoms with Crippen molar-refractivity contribution in [2.24, 2.45) is 10.4 Å². The van der Waals surface area contributed by atoms with Crippen molar-refractivity contribution in [1.29, 1.82) is 0 Å². The van der Waals surface area contributed by atoms with E-state index in [1.165, 1.54) is 23.5 Å². The molecule has 0 fully saturated rings. The molecule has 2 aromatic rings. The van der Waals surface area contributed by atoms with Gasteiger partial charge in [0.25, 0.3) is 11.6 Å². The van der Waals surface area contributed by atoms with Crippen molar-refractivity contribution in [3.05, 3.63) is 33.1 Å². The number of aromatic nitrogens is 1. The van der Waals surface area contributed by atoms with Gasteiger partial charge in [0.2, 0.25) is 0 Å². The standard InChI is InChI=1S/C15H19N3O3S/c1-5-8-17-11-7-6-10(18(20)21)9-12(11)22-14(17)16-13(19)15(2,3)4/h6-7,9H,5,8H2,1-4H3. The number of amides is 1. The summed E-state index contributed by atoms with van der Waals surface area (Å²) in [4.78, 5) is 27.5. The van der Waals surface area contributed by atoms with Crippen LogP contribution in [0.15, 0.2) is 23.2 Å². The minimum atomic E-state index is -0.549. The van der Waals surface area contributed by atoms with Crippen LogP contribution in [0, 0.1) is 15.5 Å². The molecule has 0 bridgehead atoms. The summed E-state index contributed by atoms with van der Waals surface area (Å²) in [6.45, 7) is 8.22. The Bertz CT molecular complexity index is 796. The zero-order valence-electron chi connectivity index (χ0n) is 13.1. The number of fused-ring (bicyclic) bond motifs is 1. The van der Waals surface area contributed by atoms with Gasteiger partial charge < -0.3 is 4.57 Å². The Balaban J connectivity index is 2.67. The third kappa shape index (κ3) is 3.24. The molecule has 0 atom stereocenters. The molecule has 0 aliphatic heterocycles. The molecule has 1 aromatic heterocycles. The smallest absolute Gasteiger partial charge is 0.270 e. The van der Waals surface area contributed by atoms with Gasteiger partial charge in [-0.2, -0.15) is 4.99 Å². The number of hydrogen-bond donors (Lipinski definition) is 0. The van der Waals surface area contributed by atoms with Crippen LogP contribution in [0.4, 0.5) is 5.69 Å². The summed E-state index contributed by atoms with van der Waals surface area (Å²) in [5.74, 6) is -0.196. The maximum atomic E-state index is 12.2. The molecule has 0 aliphatic carbocycles. The number of nitrogens with zero attached hydrogens (tertiary/aromatic N) is 3. The quantitative estimate of drug-likeness (QED) is 0.641. The third-order valence-corrected chi connectivity index (χ3v) is 4.20. The number of benzene rings is 1. The summed E-state index contributed by atoms with van der Waals surface area (Å²) in [7, 11) is 0. The van der Waals surface area contributed by atoms with E-state index in [9.17, 15) is 14.9 Å². The van der Waals surface area contributed by atoms with Crippen molar-refractivity contribution < 1.29 is 9.72 Å². The van der Waals surface area contributed by atoms with E-state index >= 15 is 0 Å². The van der Waals surface area contributed by atoms with Gasteiger partial charge in [0.05, 0.1) is 15.1 Å². The number of non-ortho nitro benzene ring substituents is 1. The van der Waals surface area contributed by atoms with Crippen molar-refractivity contribution in [3.8, 4) is 0 Å². The number of aryl methyl sites for hydroxylation is 1. The molecule has 0 saturated heterocycles. The van der Waals surface area contributed by atoms with E-state index in [1.54, 1.807) is 6.07 Å². The van der Waals surface area contributed by atoms with Gasteiger partial charge in [0, 0.05) is 24.1 Å². The molecule has 6 nitrogen and oxygen atoms in total. The minimum Gasteiger partial charge on any atom is -0.316 e. The molecular weight excluding hydrogens is 302 g/mol. The highest BCUT2D eigenvalue weighted by atomic mass is 32.1. The van der Waals surface area contributed by atoms with Crippen LogP contribution in [-0.4, -0.2) is 15.4 Å². The van der Waals surface area contributed by atoms with Crippen molar-refractivity contribution in [2.75, 3.05) is 0 Å². The van der Waals surface area contributed by atoms with Crippen LogP contribution in [0.1, 0.15) is 34.1 Å². The number of nitro benzene ring substituents is 1. The lowest BCUT2D eigenvalue weighted by Gasteiger charge is -2.11. The average molecular weight is 321 g/mol. The van der Waals surface area contributed by atoms with Gasteiger partial charge in [-0.1, -0.05) is 39.0 Å². The SMILES string of the molecule is CCCn1c(=NC(=O)C(C)(C)C)sc2cc([N+](=O)[O-])ccc21. The second-order valence-corrected chi connectivity index (χ2v) is 7.12. The molecule has 1 amide bonds. The van der Waals surface area contributed by atoms with Gasteiger partial charge in [-0.25, -0.2) is 0 Å². The minimum absolute atomic E-state index is 0.0473. The predicted molar refractivity (Wildman–Crippen MR) is 86.8 cm³/mol. The fourth-order valence-electron chi connectivity index (χ4n) is 1.96. The Morgan fingerprint density at radius 2 is 2.09 bits per heavy atom. The zero-order valence-corrected chi connectivity index (χ0v) is 13.9. The van der Waals surface area contributed by atoms with Crippen LogP contribution < -0.4 is 4.80 Å². The summed E-state index contributed by atoms with van der Waals surface area (Å²) in [5, 5.41) is 10.9. The van der Waals surface area contributed by atoms with E-state index in [0.717, 1.165) is 16.6 Å². The molecular formula is C15H19N3O3S. The number of carbonyl (C=O) groups is 1. The summed E-state index contributed by atoms with van der Waals surface area (Å²) in [6, 6.07) is 4.74. The largest absolute Gasteiger partial charge is 0.316 e. The molecule has 22 heavy (non-hydrogen) atoms. The van der Waals surface area contributed by atoms with Crippen molar-refractivity contribution in [3.63, 3.8) is 0 Å². The number of carbonyl (C=O) groups excluding carboxylic acids is 1. The van der Waals surface area contributed by atoms with Crippen LogP contribution in [0.2, 0.25) is 0 Å². The number of rotatable bonds is 3. The molecule has 2 rings (SSSR count). The molecule has 1 aromatic carbocycles. The first-order chi connectivity index (χ1) is 10.2. The van der Waals surface area contributed by atoms with E-state index < -0.39 is 10.3 Å². The van der Waals surface area contributed by atoms with Gasteiger partial charge in [-0.05, 0) is 12.5 Å². The second kappa shape index (κ2) is 6.00. The van der Waals surface area contributed by atoms with Crippen molar-refractivity contribution in [1.82, 2.24) is 4.57 Å². The summed E-state index contributed by atoms with van der Waals surface area (Å²) < 4.78 is 2.72. The molecule has 7 heteroatoms. The fourth-order valence-corrected chi connectivity index (χ4v) is 3.04. The Hall–Kier alpha value is -2.02. The van der Waals surface area contributed by atoms with E-state index in [1.807, 2.05) is 32.3 Å². The maximum Gasteiger partial charge on any atom is 0.270 e.